The number of amides is 1. The number of nitrogens with one attached hydrogen (secondary N) is 2. The number of carbonyl (C=O) groups excluding carboxylic acids is 1. The molecule has 0 aliphatic rings. The summed E-state index contributed by atoms with van der Waals surface area (Å²) in [7, 11) is 0. The van der Waals surface area contributed by atoms with Gasteiger partial charge >= 0.3 is 0 Å². The summed E-state index contributed by atoms with van der Waals surface area (Å²) >= 11 is 13.1. The van der Waals surface area contributed by atoms with Gasteiger partial charge in [-0.25, -0.2) is 10.1 Å². The van der Waals surface area contributed by atoms with Crippen molar-refractivity contribution < 1.29 is 9.53 Å². The second kappa shape index (κ2) is 10.9. The van der Waals surface area contributed by atoms with Gasteiger partial charge in [0.2, 0.25) is 11.1 Å². The fourth-order valence-corrected chi connectivity index (χ4v) is 3.46. The van der Waals surface area contributed by atoms with Crippen LogP contribution < -0.4 is 21.3 Å². The Morgan fingerprint density at radius 1 is 1.26 bits per heavy atom. The Kier molecular flexibility index (Phi) is 7.99. The van der Waals surface area contributed by atoms with Gasteiger partial charge in [0.1, 0.15) is 5.75 Å². The van der Waals surface area contributed by atoms with Crippen LogP contribution in [0.2, 0.25) is 10.0 Å². The number of anilines is 2. The van der Waals surface area contributed by atoms with E-state index in [0.29, 0.717) is 33.1 Å². The number of nitrogen functional groups attached to an aromatic ring is 1. The molecule has 3 rings (SSSR count). The molecule has 0 atom stereocenters. The minimum atomic E-state index is -0.206. The lowest BCUT2D eigenvalue weighted by Gasteiger charge is -2.07. The average molecular weight is 480 g/mol. The predicted molar refractivity (Wildman–Crippen MR) is 125 cm³/mol. The largest absolute Gasteiger partial charge is 0.494 e. The molecule has 1 heterocycles. The lowest BCUT2D eigenvalue weighted by Crippen LogP contribution is -2.16. The van der Waals surface area contributed by atoms with Gasteiger partial charge in [0, 0.05) is 16.3 Å². The maximum Gasteiger partial charge on any atom is 0.264 e. The van der Waals surface area contributed by atoms with Crippen LogP contribution in [0.3, 0.4) is 0 Å². The number of hydrazone groups is 1. The van der Waals surface area contributed by atoms with Crippen LogP contribution in [0.15, 0.2) is 52.7 Å². The quantitative estimate of drug-likeness (QED) is 0.184. The molecule has 0 saturated heterocycles. The van der Waals surface area contributed by atoms with Gasteiger partial charge in [-0.15, -0.1) is 10.2 Å². The zero-order valence-electron chi connectivity index (χ0n) is 16.4. The Morgan fingerprint density at radius 2 is 2.03 bits per heavy atom. The highest BCUT2D eigenvalue weighted by molar-refractivity contribution is 7.99. The molecule has 31 heavy (non-hydrogen) atoms. The first-order chi connectivity index (χ1) is 15.0. The van der Waals surface area contributed by atoms with Crippen molar-refractivity contribution in [2.45, 2.75) is 12.1 Å². The Hall–Kier alpha value is -2.95. The predicted octanol–water partition coefficient (Wildman–Crippen LogP) is 3.87. The van der Waals surface area contributed by atoms with Crippen molar-refractivity contribution in [2.24, 2.45) is 5.10 Å². The fraction of sp³-hybridized carbons (Fsp3) is 0.158. The molecule has 1 aromatic heterocycles. The molecule has 2 aromatic carbocycles. The second-order valence-electron chi connectivity index (χ2n) is 6.01. The monoisotopic (exact) mass is 479 g/mol. The van der Waals surface area contributed by atoms with Crippen molar-refractivity contribution in [2.75, 3.05) is 28.9 Å². The van der Waals surface area contributed by atoms with Gasteiger partial charge in [-0.05, 0) is 43.3 Å². The van der Waals surface area contributed by atoms with Crippen LogP contribution in [-0.4, -0.2) is 39.4 Å². The third-order valence-electron chi connectivity index (χ3n) is 3.78. The highest BCUT2D eigenvalue weighted by atomic mass is 35.5. The van der Waals surface area contributed by atoms with E-state index in [1.54, 1.807) is 42.5 Å². The van der Waals surface area contributed by atoms with Crippen molar-refractivity contribution in [1.29, 1.82) is 0 Å². The molecule has 9 nitrogen and oxygen atoms in total. The van der Waals surface area contributed by atoms with Gasteiger partial charge in [0.15, 0.2) is 0 Å². The molecule has 3 aromatic rings. The van der Waals surface area contributed by atoms with Gasteiger partial charge in [0.05, 0.1) is 23.6 Å². The van der Waals surface area contributed by atoms with Crippen LogP contribution >= 0.6 is 35.0 Å². The average Bonchev–Trinajstić information content (AvgIpc) is 3.09. The maximum absolute atomic E-state index is 12.2. The number of rotatable bonds is 9. The third-order valence-corrected chi connectivity index (χ3v) is 5.28. The van der Waals surface area contributed by atoms with Gasteiger partial charge < -0.3 is 15.9 Å². The first-order valence-electron chi connectivity index (χ1n) is 9.06. The van der Waals surface area contributed by atoms with Crippen LogP contribution in [0.5, 0.6) is 5.75 Å². The van der Waals surface area contributed by atoms with Gasteiger partial charge in [-0.3, -0.25) is 4.79 Å². The Balaban J connectivity index is 1.51. The number of thioether (sulfide) groups is 1. The summed E-state index contributed by atoms with van der Waals surface area (Å²) in [6.45, 7) is 2.49. The van der Waals surface area contributed by atoms with Crippen molar-refractivity contribution in [1.82, 2.24) is 14.9 Å². The smallest absolute Gasteiger partial charge is 0.264 e. The Labute approximate surface area is 192 Å². The molecule has 0 saturated carbocycles. The molecule has 0 fully saturated rings. The van der Waals surface area contributed by atoms with E-state index in [2.05, 4.69) is 26.0 Å². The molecule has 12 heteroatoms. The number of ether oxygens (including phenoxy) is 1. The summed E-state index contributed by atoms with van der Waals surface area (Å²) in [6, 6.07) is 12.2. The maximum atomic E-state index is 12.2. The minimum absolute atomic E-state index is 0.103. The third kappa shape index (κ3) is 6.51. The van der Waals surface area contributed by atoms with Gasteiger partial charge in [-0.2, -0.15) is 5.10 Å². The van der Waals surface area contributed by atoms with E-state index in [1.165, 1.54) is 10.9 Å². The molecule has 1 amide bonds. The van der Waals surface area contributed by atoms with Crippen molar-refractivity contribution in [3.63, 3.8) is 0 Å². The van der Waals surface area contributed by atoms with Crippen LogP contribution in [0.4, 0.5) is 11.6 Å². The van der Waals surface area contributed by atoms with E-state index < -0.39 is 0 Å². The standard InChI is InChI=1S/C19H19Cl2N7O2S/c1-2-30-15-7-5-14(6-8-15)24-17(29)11-31-19-27-26-18(28(19)22)25-23-10-12-3-4-13(20)9-16(12)21/h3-10H,2,11,22H2,1H3,(H,24,29)(H,25,26)/b23-10+. The molecule has 0 aliphatic heterocycles. The minimum Gasteiger partial charge on any atom is -0.494 e. The van der Waals surface area contributed by atoms with Crippen LogP contribution in [-0.2, 0) is 4.79 Å². The molecular formula is C19H19Cl2N7O2S. The van der Waals surface area contributed by atoms with E-state index in [4.69, 9.17) is 33.8 Å². The summed E-state index contributed by atoms with van der Waals surface area (Å²) in [5.74, 6) is 6.81. The van der Waals surface area contributed by atoms with Gasteiger partial charge in [-0.1, -0.05) is 41.0 Å². The van der Waals surface area contributed by atoms with Crippen molar-refractivity contribution >= 4 is 58.7 Å². The number of hydrogen-bond acceptors (Lipinski definition) is 8. The SMILES string of the molecule is CCOc1ccc(NC(=O)CSc2nnc(N/N=C/c3ccc(Cl)cc3Cl)n2N)cc1. The van der Waals surface area contributed by atoms with E-state index in [-0.39, 0.29) is 17.6 Å². The Bertz CT molecular complexity index is 1070. The highest BCUT2D eigenvalue weighted by Gasteiger charge is 2.12. The normalized spacial score (nSPS) is 10.9. The lowest BCUT2D eigenvalue weighted by molar-refractivity contribution is -0.113. The molecule has 0 spiro atoms. The van der Waals surface area contributed by atoms with Crippen LogP contribution in [0.25, 0.3) is 0 Å². The molecule has 0 bridgehead atoms. The number of carbonyl (C=O) groups is 1. The number of benzene rings is 2. The van der Waals surface area contributed by atoms with Crippen LogP contribution in [0, 0.1) is 0 Å². The molecule has 0 radical (unpaired) electrons. The number of nitrogens with zero attached hydrogens (tertiary/aromatic N) is 4. The lowest BCUT2D eigenvalue weighted by atomic mass is 10.2. The van der Waals surface area contributed by atoms with Gasteiger partial charge in [0.25, 0.3) is 5.95 Å². The highest BCUT2D eigenvalue weighted by Crippen LogP contribution is 2.20. The molecular weight excluding hydrogens is 461 g/mol. The topological polar surface area (TPSA) is 119 Å². The fourth-order valence-electron chi connectivity index (χ4n) is 2.35. The number of nitrogens with two attached hydrogens (primary N) is 1. The first-order valence-corrected chi connectivity index (χ1v) is 10.8. The first kappa shape index (κ1) is 22.7. The van der Waals surface area contributed by atoms with Crippen molar-refractivity contribution in [3.05, 3.63) is 58.1 Å². The van der Waals surface area contributed by atoms with E-state index in [0.717, 1.165) is 17.5 Å². The van der Waals surface area contributed by atoms with E-state index in [1.807, 2.05) is 6.92 Å². The van der Waals surface area contributed by atoms with Crippen molar-refractivity contribution in [3.8, 4) is 5.75 Å². The number of halogens is 2. The van der Waals surface area contributed by atoms with Crippen LogP contribution in [0.1, 0.15) is 12.5 Å². The second-order valence-corrected chi connectivity index (χ2v) is 7.79. The number of aromatic nitrogens is 3. The Morgan fingerprint density at radius 3 is 2.74 bits per heavy atom. The van der Waals surface area contributed by atoms with E-state index in [9.17, 15) is 4.79 Å². The molecule has 0 unspecified atom stereocenters. The summed E-state index contributed by atoms with van der Waals surface area (Å²) in [5, 5.41) is 16.1. The summed E-state index contributed by atoms with van der Waals surface area (Å²) in [6.07, 6.45) is 1.50. The molecule has 4 N–H and O–H groups in total. The summed E-state index contributed by atoms with van der Waals surface area (Å²) < 4.78 is 6.58. The summed E-state index contributed by atoms with van der Waals surface area (Å²) in [4.78, 5) is 12.2. The zero-order valence-corrected chi connectivity index (χ0v) is 18.7. The molecule has 0 aliphatic carbocycles. The summed E-state index contributed by atoms with van der Waals surface area (Å²) in [5.41, 5.74) is 4.02. The number of hydrogen-bond donors (Lipinski definition) is 3. The van der Waals surface area contributed by atoms with E-state index >= 15 is 0 Å². The zero-order chi connectivity index (χ0) is 22.2. The molecule has 162 valence electrons.